The van der Waals surface area contributed by atoms with Crippen LogP contribution in [0, 0.1) is 5.92 Å². The van der Waals surface area contributed by atoms with Crippen molar-refractivity contribution in [2.24, 2.45) is 5.92 Å². The van der Waals surface area contributed by atoms with Gasteiger partial charge in [0.1, 0.15) is 24.7 Å². The van der Waals surface area contributed by atoms with Crippen molar-refractivity contribution in [1.29, 1.82) is 0 Å². The highest BCUT2D eigenvalue weighted by Crippen LogP contribution is 2.30. The lowest BCUT2D eigenvalue weighted by molar-refractivity contribution is -0.116. The van der Waals surface area contributed by atoms with Crippen molar-refractivity contribution in [1.82, 2.24) is 30.0 Å². The molecule has 0 aliphatic carbocycles. The van der Waals surface area contributed by atoms with Gasteiger partial charge in [-0.1, -0.05) is 37.3 Å². The Kier molecular flexibility index (Phi) is 8.47. The van der Waals surface area contributed by atoms with Gasteiger partial charge in [0.15, 0.2) is 0 Å². The number of carbonyl (C=O) groups is 2. The van der Waals surface area contributed by atoms with E-state index in [-0.39, 0.29) is 43.0 Å². The molecule has 0 bridgehead atoms. The molecule has 0 spiro atoms. The number of fused-ring (bicyclic) bond motifs is 1. The Bertz CT molecular complexity index is 1190. The molecule has 1 aliphatic rings. The third-order valence-electron chi connectivity index (χ3n) is 6.43. The SMILES string of the molecule is C[C@@H]1CN([C@@H](C)CO)C(=O)c2cc(NC(=O)Cn3cnnn3)ccc2O[C@H]1CN(C)Cc1ccccc1. The van der Waals surface area contributed by atoms with E-state index >= 15 is 0 Å². The summed E-state index contributed by atoms with van der Waals surface area (Å²) in [5, 5.41) is 23.4. The average Bonchev–Trinajstić information content (AvgIpc) is 3.39. The smallest absolute Gasteiger partial charge is 0.258 e. The molecule has 4 rings (SSSR count). The molecule has 3 atom stereocenters. The van der Waals surface area contributed by atoms with Gasteiger partial charge in [-0.2, -0.15) is 0 Å². The van der Waals surface area contributed by atoms with E-state index < -0.39 is 0 Å². The number of nitrogens with one attached hydrogen (secondary N) is 1. The maximum atomic E-state index is 13.6. The highest BCUT2D eigenvalue weighted by molar-refractivity contribution is 5.99. The Morgan fingerprint density at radius 2 is 2.05 bits per heavy atom. The number of amides is 2. The number of anilines is 1. The van der Waals surface area contributed by atoms with Crippen LogP contribution in [0.4, 0.5) is 5.69 Å². The molecule has 2 N–H and O–H groups in total. The van der Waals surface area contributed by atoms with Crippen LogP contribution in [0.25, 0.3) is 0 Å². The highest BCUT2D eigenvalue weighted by atomic mass is 16.5. The van der Waals surface area contributed by atoms with Gasteiger partial charge in [-0.05, 0) is 48.2 Å². The largest absolute Gasteiger partial charge is 0.488 e. The monoisotopic (exact) mass is 507 g/mol. The van der Waals surface area contributed by atoms with E-state index in [9.17, 15) is 14.7 Å². The number of nitrogens with zero attached hydrogens (tertiary/aromatic N) is 6. The molecule has 0 saturated carbocycles. The minimum absolute atomic E-state index is 0.0139. The second-order valence-corrected chi connectivity index (χ2v) is 9.57. The van der Waals surface area contributed by atoms with Crippen LogP contribution in [0.1, 0.15) is 29.8 Å². The number of aliphatic hydroxyl groups is 1. The van der Waals surface area contributed by atoms with Crippen LogP contribution in [-0.2, 0) is 17.9 Å². The zero-order valence-electron chi connectivity index (χ0n) is 21.3. The molecule has 0 saturated heterocycles. The van der Waals surface area contributed by atoms with Crippen LogP contribution in [0.5, 0.6) is 5.75 Å². The third kappa shape index (κ3) is 6.69. The molecule has 1 aromatic heterocycles. The van der Waals surface area contributed by atoms with E-state index in [0.29, 0.717) is 30.1 Å². The Balaban J connectivity index is 1.57. The second-order valence-electron chi connectivity index (χ2n) is 9.57. The fraction of sp³-hybridized carbons (Fsp3) is 0.423. The third-order valence-corrected chi connectivity index (χ3v) is 6.43. The van der Waals surface area contributed by atoms with Crippen molar-refractivity contribution in [2.75, 3.05) is 32.1 Å². The van der Waals surface area contributed by atoms with Crippen LogP contribution >= 0.6 is 0 Å². The summed E-state index contributed by atoms with van der Waals surface area (Å²) in [6.45, 7) is 5.51. The van der Waals surface area contributed by atoms with E-state index in [1.165, 1.54) is 16.6 Å². The molecule has 2 heterocycles. The highest BCUT2D eigenvalue weighted by Gasteiger charge is 2.33. The number of ether oxygens (including phenoxy) is 1. The molecular formula is C26H33N7O4. The Hall–Kier alpha value is -3.83. The van der Waals surface area contributed by atoms with Crippen molar-refractivity contribution < 1.29 is 19.4 Å². The molecule has 2 aromatic carbocycles. The van der Waals surface area contributed by atoms with Crippen molar-refractivity contribution in [2.45, 2.75) is 39.1 Å². The summed E-state index contributed by atoms with van der Waals surface area (Å²) in [5.41, 5.74) is 2.00. The molecule has 3 aromatic rings. The van der Waals surface area contributed by atoms with Gasteiger partial charge >= 0.3 is 0 Å². The normalized spacial score (nSPS) is 18.5. The van der Waals surface area contributed by atoms with Crippen molar-refractivity contribution in [3.05, 3.63) is 66.0 Å². The lowest BCUT2D eigenvalue weighted by Crippen LogP contribution is -2.49. The number of likely N-dealkylation sites (N-methyl/N-ethyl adjacent to an activating group) is 1. The molecule has 11 nitrogen and oxygen atoms in total. The molecule has 0 fully saturated rings. The summed E-state index contributed by atoms with van der Waals surface area (Å²) in [4.78, 5) is 29.9. The first-order valence-corrected chi connectivity index (χ1v) is 12.3. The number of hydrogen-bond acceptors (Lipinski definition) is 8. The zero-order valence-corrected chi connectivity index (χ0v) is 21.3. The van der Waals surface area contributed by atoms with Gasteiger partial charge in [-0.3, -0.25) is 14.5 Å². The number of tetrazole rings is 1. The van der Waals surface area contributed by atoms with E-state index in [0.717, 1.165) is 6.54 Å². The van der Waals surface area contributed by atoms with Crippen LogP contribution in [0.3, 0.4) is 0 Å². The predicted molar refractivity (Wildman–Crippen MR) is 137 cm³/mol. The molecule has 37 heavy (non-hydrogen) atoms. The van der Waals surface area contributed by atoms with E-state index in [1.54, 1.807) is 23.1 Å². The number of benzene rings is 2. The molecule has 196 valence electrons. The Morgan fingerprint density at radius 3 is 2.76 bits per heavy atom. The summed E-state index contributed by atoms with van der Waals surface area (Å²) in [7, 11) is 2.05. The first-order valence-electron chi connectivity index (χ1n) is 12.3. The van der Waals surface area contributed by atoms with E-state index in [2.05, 4.69) is 44.8 Å². The summed E-state index contributed by atoms with van der Waals surface area (Å²) >= 11 is 0. The molecule has 0 radical (unpaired) electrons. The number of rotatable bonds is 9. The summed E-state index contributed by atoms with van der Waals surface area (Å²) in [6, 6.07) is 14.9. The van der Waals surface area contributed by atoms with Gasteiger partial charge in [0.25, 0.3) is 5.91 Å². The van der Waals surface area contributed by atoms with Gasteiger partial charge < -0.3 is 20.1 Å². The molecule has 1 aliphatic heterocycles. The minimum atomic E-state index is -0.373. The first kappa shape index (κ1) is 26.2. The van der Waals surface area contributed by atoms with Crippen molar-refractivity contribution in [3.8, 4) is 5.75 Å². The first-order chi connectivity index (χ1) is 17.8. The van der Waals surface area contributed by atoms with Gasteiger partial charge in [0, 0.05) is 31.2 Å². The van der Waals surface area contributed by atoms with Gasteiger partial charge in [-0.15, -0.1) is 5.10 Å². The standard InChI is InChI=1S/C26H33N7O4/c1-18-12-33(19(2)16-34)26(36)22-11-21(28-25(35)15-32-17-27-29-30-32)9-10-23(22)37-24(18)14-31(3)13-20-7-5-4-6-8-20/h4-11,17-19,24,34H,12-16H2,1-3H3,(H,28,35)/t18-,19+,24+/m1/s1. The minimum Gasteiger partial charge on any atom is -0.488 e. The number of hydrogen-bond donors (Lipinski definition) is 2. The lowest BCUT2D eigenvalue weighted by Gasteiger charge is -2.38. The molecule has 2 amide bonds. The molecule has 0 unspecified atom stereocenters. The summed E-state index contributed by atoms with van der Waals surface area (Å²) < 4.78 is 7.75. The number of aromatic nitrogens is 4. The van der Waals surface area contributed by atoms with Gasteiger partial charge in [0.05, 0.1) is 18.2 Å². The summed E-state index contributed by atoms with van der Waals surface area (Å²) in [5.74, 6) is -0.125. The van der Waals surface area contributed by atoms with Gasteiger partial charge in [0.2, 0.25) is 5.91 Å². The molecular weight excluding hydrogens is 474 g/mol. The van der Waals surface area contributed by atoms with Crippen LogP contribution in [-0.4, -0.2) is 85.8 Å². The number of aliphatic hydroxyl groups excluding tert-OH is 1. The maximum Gasteiger partial charge on any atom is 0.258 e. The van der Waals surface area contributed by atoms with E-state index in [4.69, 9.17) is 4.74 Å². The van der Waals surface area contributed by atoms with Gasteiger partial charge in [-0.25, -0.2) is 4.68 Å². The van der Waals surface area contributed by atoms with E-state index in [1.807, 2.05) is 32.2 Å². The second kappa shape index (κ2) is 11.9. The lowest BCUT2D eigenvalue weighted by atomic mass is 9.99. The molecule has 11 heteroatoms. The summed E-state index contributed by atoms with van der Waals surface area (Å²) in [6.07, 6.45) is 1.15. The topological polar surface area (TPSA) is 126 Å². The predicted octanol–water partition coefficient (Wildman–Crippen LogP) is 1.66. The maximum absolute atomic E-state index is 13.6. The zero-order chi connectivity index (χ0) is 26.4. The quantitative estimate of drug-likeness (QED) is 0.448. The fourth-order valence-corrected chi connectivity index (χ4v) is 4.39. The average molecular weight is 508 g/mol. The van der Waals surface area contributed by atoms with Crippen LogP contribution in [0.2, 0.25) is 0 Å². The Morgan fingerprint density at radius 1 is 1.27 bits per heavy atom. The van der Waals surface area contributed by atoms with Crippen molar-refractivity contribution in [3.63, 3.8) is 0 Å². The van der Waals surface area contributed by atoms with Crippen LogP contribution in [0.15, 0.2) is 54.9 Å². The fourth-order valence-electron chi connectivity index (χ4n) is 4.39. The Labute approximate surface area is 216 Å². The van der Waals surface area contributed by atoms with Crippen molar-refractivity contribution >= 4 is 17.5 Å². The van der Waals surface area contributed by atoms with Crippen LogP contribution < -0.4 is 10.1 Å². The number of carbonyl (C=O) groups excluding carboxylic acids is 2.